The Kier molecular flexibility index (Phi) is 5.32. The van der Waals surface area contributed by atoms with Gasteiger partial charge in [0.15, 0.2) is 0 Å². The summed E-state index contributed by atoms with van der Waals surface area (Å²) in [5, 5.41) is 4.26. The van der Waals surface area contributed by atoms with E-state index in [-0.39, 0.29) is 5.91 Å². The molecule has 0 atom stereocenters. The van der Waals surface area contributed by atoms with Crippen LogP contribution >= 0.6 is 0 Å². The molecular weight excluding hydrogens is 284 g/mol. The van der Waals surface area contributed by atoms with Crippen molar-refractivity contribution in [3.63, 3.8) is 0 Å². The van der Waals surface area contributed by atoms with Crippen LogP contribution in [0.4, 0.5) is 0 Å². The number of hydrogen-bond acceptors (Lipinski definition) is 2. The van der Waals surface area contributed by atoms with Crippen LogP contribution in [0.15, 0.2) is 41.5 Å². The van der Waals surface area contributed by atoms with Crippen LogP contribution in [0.2, 0.25) is 0 Å². The van der Waals surface area contributed by atoms with Gasteiger partial charge >= 0.3 is 0 Å². The number of carbonyl (C=O) groups excluding carboxylic acids is 1. The second-order valence-corrected chi connectivity index (χ2v) is 6.16. The predicted octanol–water partition coefficient (Wildman–Crippen LogP) is 4.00. The largest absolute Gasteiger partial charge is 0.273 e. The van der Waals surface area contributed by atoms with E-state index in [1.165, 1.54) is 11.1 Å². The highest BCUT2D eigenvalue weighted by Crippen LogP contribution is 2.12. The van der Waals surface area contributed by atoms with Crippen molar-refractivity contribution in [2.75, 3.05) is 0 Å². The highest BCUT2D eigenvalue weighted by atomic mass is 16.2. The molecule has 2 aromatic carbocycles. The first kappa shape index (κ1) is 16.9. The molecule has 0 bridgehead atoms. The van der Waals surface area contributed by atoms with Crippen LogP contribution in [0, 0.1) is 27.7 Å². The fraction of sp³-hybridized carbons (Fsp3) is 0.300. The monoisotopic (exact) mass is 308 g/mol. The number of nitrogens with one attached hydrogen (secondary N) is 1. The Morgan fingerprint density at radius 3 is 2.30 bits per heavy atom. The molecule has 0 aromatic heterocycles. The smallest absolute Gasteiger partial charge is 0.244 e. The lowest BCUT2D eigenvalue weighted by Gasteiger charge is -2.08. The molecule has 0 aliphatic carbocycles. The molecule has 1 N–H and O–H groups in total. The first-order chi connectivity index (χ1) is 10.9. The fourth-order valence-corrected chi connectivity index (χ4v) is 2.59. The van der Waals surface area contributed by atoms with Gasteiger partial charge in [-0.1, -0.05) is 41.5 Å². The van der Waals surface area contributed by atoms with Gasteiger partial charge in [0.1, 0.15) is 0 Å². The second-order valence-electron chi connectivity index (χ2n) is 6.16. The molecular formula is C20H24N2O. The topological polar surface area (TPSA) is 41.5 Å². The van der Waals surface area contributed by atoms with Gasteiger partial charge in [-0.15, -0.1) is 0 Å². The Morgan fingerprint density at radius 2 is 1.61 bits per heavy atom. The van der Waals surface area contributed by atoms with Gasteiger partial charge in [0.25, 0.3) is 0 Å². The first-order valence-electron chi connectivity index (χ1n) is 7.83. The maximum atomic E-state index is 12.1. The van der Waals surface area contributed by atoms with E-state index in [1.54, 1.807) is 0 Å². The van der Waals surface area contributed by atoms with Crippen LogP contribution in [-0.2, 0) is 11.2 Å². The third-order valence-corrected chi connectivity index (χ3v) is 3.98. The third-order valence-electron chi connectivity index (χ3n) is 3.98. The molecule has 3 heteroatoms. The number of aryl methyl sites for hydroxylation is 4. The molecule has 0 heterocycles. The van der Waals surface area contributed by atoms with E-state index in [0.717, 1.165) is 28.0 Å². The lowest BCUT2D eigenvalue weighted by atomic mass is 10.0. The van der Waals surface area contributed by atoms with Gasteiger partial charge in [-0.05, 0) is 57.4 Å². The van der Waals surface area contributed by atoms with Gasteiger partial charge in [-0.25, -0.2) is 5.43 Å². The minimum atomic E-state index is -0.0957. The zero-order valence-electron chi connectivity index (χ0n) is 14.5. The Bertz CT molecular complexity index is 760. The minimum Gasteiger partial charge on any atom is -0.273 e. The summed E-state index contributed by atoms with van der Waals surface area (Å²) in [5.74, 6) is -0.0957. The van der Waals surface area contributed by atoms with E-state index < -0.39 is 0 Å². The molecule has 1 amide bonds. The summed E-state index contributed by atoms with van der Waals surface area (Å²) in [5.41, 5.74) is 10.3. The standard InChI is InChI=1S/C20H24N2O/c1-13-7-9-18(16(4)10-13)12-20(23)22-21-17(5)19-11-14(2)6-8-15(19)3/h6-11H,12H2,1-5H3,(H,22,23)/b21-17+. The number of carbonyl (C=O) groups is 1. The average Bonchev–Trinajstić information content (AvgIpc) is 2.50. The Labute approximate surface area is 138 Å². The highest BCUT2D eigenvalue weighted by Gasteiger charge is 2.07. The summed E-state index contributed by atoms with van der Waals surface area (Å²) >= 11 is 0. The number of hydrazone groups is 1. The molecule has 120 valence electrons. The van der Waals surface area contributed by atoms with Crippen LogP contribution in [0.25, 0.3) is 0 Å². The van der Waals surface area contributed by atoms with E-state index in [1.807, 2.05) is 32.9 Å². The molecule has 2 aromatic rings. The Hall–Kier alpha value is -2.42. The molecule has 2 rings (SSSR count). The first-order valence-corrected chi connectivity index (χ1v) is 7.83. The van der Waals surface area contributed by atoms with Crippen molar-refractivity contribution in [1.29, 1.82) is 0 Å². The SMILES string of the molecule is C/C(=N\NC(=O)Cc1ccc(C)cc1C)c1cc(C)ccc1C. The maximum Gasteiger partial charge on any atom is 0.244 e. The number of hydrogen-bond donors (Lipinski definition) is 1. The molecule has 0 aliphatic heterocycles. The van der Waals surface area contributed by atoms with Gasteiger partial charge in [-0.3, -0.25) is 4.79 Å². The summed E-state index contributed by atoms with van der Waals surface area (Å²) in [6.07, 6.45) is 0.343. The van der Waals surface area contributed by atoms with Gasteiger partial charge in [-0.2, -0.15) is 5.10 Å². The number of amides is 1. The van der Waals surface area contributed by atoms with Gasteiger partial charge in [0.2, 0.25) is 5.91 Å². The van der Waals surface area contributed by atoms with Crippen molar-refractivity contribution < 1.29 is 4.79 Å². The van der Waals surface area contributed by atoms with Crippen molar-refractivity contribution in [2.24, 2.45) is 5.10 Å². The van der Waals surface area contributed by atoms with E-state index in [0.29, 0.717) is 6.42 Å². The lowest BCUT2D eigenvalue weighted by Crippen LogP contribution is -2.21. The summed E-state index contributed by atoms with van der Waals surface area (Å²) in [4.78, 5) is 12.1. The lowest BCUT2D eigenvalue weighted by molar-refractivity contribution is -0.120. The number of nitrogens with zero attached hydrogens (tertiary/aromatic N) is 1. The van der Waals surface area contributed by atoms with Crippen molar-refractivity contribution >= 4 is 11.6 Å². The highest BCUT2D eigenvalue weighted by molar-refractivity contribution is 6.00. The summed E-state index contributed by atoms with van der Waals surface area (Å²) in [7, 11) is 0. The van der Waals surface area contributed by atoms with E-state index in [9.17, 15) is 4.79 Å². The quantitative estimate of drug-likeness (QED) is 0.673. The summed E-state index contributed by atoms with van der Waals surface area (Å²) < 4.78 is 0. The molecule has 0 fully saturated rings. The van der Waals surface area contributed by atoms with Crippen molar-refractivity contribution in [1.82, 2.24) is 5.43 Å². The molecule has 3 nitrogen and oxygen atoms in total. The van der Waals surface area contributed by atoms with Crippen molar-refractivity contribution in [3.8, 4) is 0 Å². The molecule has 0 saturated carbocycles. The normalized spacial score (nSPS) is 11.4. The molecule has 0 radical (unpaired) electrons. The minimum absolute atomic E-state index is 0.0957. The Morgan fingerprint density at radius 1 is 0.957 bits per heavy atom. The van der Waals surface area contributed by atoms with Gasteiger partial charge in [0, 0.05) is 5.56 Å². The number of benzene rings is 2. The zero-order valence-corrected chi connectivity index (χ0v) is 14.5. The molecule has 0 saturated heterocycles. The second kappa shape index (κ2) is 7.23. The van der Waals surface area contributed by atoms with Crippen molar-refractivity contribution in [3.05, 3.63) is 69.8 Å². The molecule has 23 heavy (non-hydrogen) atoms. The van der Waals surface area contributed by atoms with Crippen molar-refractivity contribution in [2.45, 2.75) is 41.0 Å². The maximum absolute atomic E-state index is 12.1. The van der Waals surface area contributed by atoms with Crippen LogP contribution in [0.5, 0.6) is 0 Å². The van der Waals surface area contributed by atoms with Crippen LogP contribution < -0.4 is 5.43 Å². The summed E-state index contributed by atoms with van der Waals surface area (Å²) in [6.45, 7) is 10.1. The van der Waals surface area contributed by atoms with E-state index in [4.69, 9.17) is 0 Å². The summed E-state index contributed by atoms with van der Waals surface area (Å²) in [6, 6.07) is 12.4. The van der Waals surface area contributed by atoms with Crippen LogP contribution in [-0.4, -0.2) is 11.6 Å². The van der Waals surface area contributed by atoms with Crippen LogP contribution in [0.1, 0.15) is 40.3 Å². The Balaban J connectivity index is 2.06. The predicted molar refractivity (Wildman–Crippen MR) is 95.9 cm³/mol. The third kappa shape index (κ3) is 4.52. The van der Waals surface area contributed by atoms with E-state index >= 15 is 0 Å². The zero-order chi connectivity index (χ0) is 17.0. The average molecular weight is 308 g/mol. The molecule has 0 unspecified atom stereocenters. The van der Waals surface area contributed by atoms with Gasteiger partial charge < -0.3 is 0 Å². The van der Waals surface area contributed by atoms with Gasteiger partial charge in [0.05, 0.1) is 12.1 Å². The van der Waals surface area contributed by atoms with E-state index in [2.05, 4.69) is 48.6 Å². The number of rotatable bonds is 4. The fourth-order valence-electron chi connectivity index (χ4n) is 2.59. The molecule has 0 spiro atoms. The van der Waals surface area contributed by atoms with Crippen LogP contribution in [0.3, 0.4) is 0 Å². The molecule has 0 aliphatic rings.